The second-order valence-electron chi connectivity index (χ2n) is 5.99. The maximum atomic E-state index is 12.2. The number of carbonyl (C=O) groups excluding carboxylic acids is 1. The molecule has 0 saturated heterocycles. The van der Waals surface area contributed by atoms with E-state index in [1.807, 2.05) is 19.1 Å². The van der Waals surface area contributed by atoms with Crippen molar-refractivity contribution in [1.29, 1.82) is 5.26 Å². The summed E-state index contributed by atoms with van der Waals surface area (Å²) in [5, 5.41) is 10.7. The van der Waals surface area contributed by atoms with Crippen molar-refractivity contribution in [3.63, 3.8) is 0 Å². The van der Waals surface area contributed by atoms with Crippen molar-refractivity contribution in [3.05, 3.63) is 76.6 Å². The monoisotopic (exact) mass is 353 g/mol. The number of hydrogen-bond donors (Lipinski definition) is 2. The van der Waals surface area contributed by atoms with Gasteiger partial charge in [-0.3, -0.25) is 4.79 Å². The van der Waals surface area contributed by atoms with Crippen molar-refractivity contribution in [2.75, 3.05) is 0 Å². The molecule has 6 heteroatoms. The molecule has 0 fully saturated rings. The zero-order valence-electron chi connectivity index (χ0n) is 14.5. The topological polar surface area (TPSA) is 110 Å². The normalized spacial score (nSPS) is 10.0. The van der Waals surface area contributed by atoms with E-state index in [1.165, 1.54) is 0 Å². The fourth-order valence-corrected chi connectivity index (χ4v) is 3.01. The van der Waals surface area contributed by atoms with Crippen LogP contribution < -0.4 is 11.5 Å². The summed E-state index contributed by atoms with van der Waals surface area (Å²) in [4.78, 5) is 19.4. The van der Waals surface area contributed by atoms with Gasteiger partial charge in [-0.1, -0.05) is 24.3 Å². The van der Waals surface area contributed by atoms with Crippen LogP contribution in [0.3, 0.4) is 0 Å². The van der Waals surface area contributed by atoms with E-state index < -0.39 is 5.91 Å². The molecule has 4 N–H and O–H groups in total. The highest BCUT2D eigenvalue weighted by Crippen LogP contribution is 2.39. The van der Waals surface area contributed by atoms with Crippen LogP contribution in [0.25, 0.3) is 26.7 Å². The average Bonchev–Trinajstić information content (AvgIpc) is 2.66. The minimum Gasteiger partial charge on any atom is -0.370 e. The van der Waals surface area contributed by atoms with Crippen LogP contribution in [0.15, 0.2) is 53.5 Å². The molecular weight excluding hydrogens is 338 g/mol. The molecule has 130 valence electrons. The zero-order valence-corrected chi connectivity index (χ0v) is 14.5. The van der Waals surface area contributed by atoms with Crippen molar-refractivity contribution in [2.24, 2.45) is 16.5 Å². The molecule has 0 saturated carbocycles. The van der Waals surface area contributed by atoms with E-state index in [0.29, 0.717) is 22.4 Å². The number of carbonyl (C=O) groups is 1. The van der Waals surface area contributed by atoms with Crippen LogP contribution >= 0.6 is 0 Å². The molecule has 3 aromatic rings. The average molecular weight is 353 g/mol. The van der Waals surface area contributed by atoms with Crippen molar-refractivity contribution in [2.45, 2.75) is 6.92 Å². The van der Waals surface area contributed by atoms with Crippen molar-refractivity contribution < 1.29 is 4.79 Å². The fourth-order valence-electron chi connectivity index (χ4n) is 3.01. The van der Waals surface area contributed by atoms with E-state index >= 15 is 0 Å². The number of nitrogens with two attached hydrogens (primary N) is 2. The van der Waals surface area contributed by atoms with E-state index in [9.17, 15) is 4.79 Å². The SMILES string of the molecule is [C-]#[N+]c1ccc2ccc(C(=O)N=C(N)N)cc2c1-c1ccc(C#N)cc1C. The molecule has 1 amide bonds. The van der Waals surface area contributed by atoms with Crippen LogP contribution in [-0.2, 0) is 0 Å². The Balaban J connectivity index is 2.33. The largest absolute Gasteiger partial charge is 0.370 e. The van der Waals surface area contributed by atoms with E-state index in [4.69, 9.17) is 23.3 Å². The summed E-state index contributed by atoms with van der Waals surface area (Å²) < 4.78 is 0. The minimum absolute atomic E-state index is 0.307. The number of guanidine groups is 1. The van der Waals surface area contributed by atoms with Gasteiger partial charge in [0.15, 0.2) is 11.6 Å². The van der Waals surface area contributed by atoms with Gasteiger partial charge in [-0.2, -0.15) is 10.3 Å². The van der Waals surface area contributed by atoms with Crippen molar-refractivity contribution in [3.8, 4) is 17.2 Å². The third-order valence-electron chi connectivity index (χ3n) is 4.22. The standard InChI is InChI=1S/C21H15N5O/c1-12-9-13(11-22)3-7-16(12)19-17-10-15(20(27)26-21(23)24)5-4-14(17)6-8-18(19)25-2/h3-10H,1H3,(H4,23,24,26,27). The van der Waals surface area contributed by atoms with E-state index in [1.54, 1.807) is 36.4 Å². The first-order valence-corrected chi connectivity index (χ1v) is 8.04. The number of aryl methyl sites for hydroxylation is 1. The van der Waals surface area contributed by atoms with Crippen molar-refractivity contribution in [1.82, 2.24) is 0 Å². The smallest absolute Gasteiger partial charge is 0.280 e. The summed E-state index contributed by atoms with van der Waals surface area (Å²) in [6.07, 6.45) is 0. The number of aliphatic imine (C=N–C) groups is 1. The Labute approximate surface area is 156 Å². The van der Waals surface area contributed by atoms with Gasteiger partial charge in [0.2, 0.25) is 0 Å². The van der Waals surface area contributed by atoms with Crippen molar-refractivity contribution >= 4 is 28.3 Å². The van der Waals surface area contributed by atoms with E-state index in [0.717, 1.165) is 21.9 Å². The number of amides is 1. The highest BCUT2D eigenvalue weighted by Gasteiger charge is 2.15. The number of hydrogen-bond acceptors (Lipinski definition) is 2. The highest BCUT2D eigenvalue weighted by atomic mass is 16.1. The van der Waals surface area contributed by atoms with E-state index in [-0.39, 0.29) is 5.96 Å². The molecule has 0 aliphatic carbocycles. The number of fused-ring (bicyclic) bond motifs is 1. The van der Waals surface area contributed by atoms with Gasteiger partial charge in [-0.25, -0.2) is 4.85 Å². The van der Waals surface area contributed by atoms with Gasteiger partial charge in [0.05, 0.1) is 18.2 Å². The number of benzene rings is 3. The summed E-state index contributed by atoms with van der Waals surface area (Å²) in [6, 6.07) is 16.1. The van der Waals surface area contributed by atoms with Crippen LogP contribution in [0.1, 0.15) is 21.5 Å². The van der Waals surface area contributed by atoms with Crippen LogP contribution in [0.2, 0.25) is 0 Å². The summed E-state index contributed by atoms with van der Waals surface area (Å²) in [5.74, 6) is -0.856. The summed E-state index contributed by atoms with van der Waals surface area (Å²) in [6.45, 7) is 9.43. The number of nitriles is 1. The van der Waals surface area contributed by atoms with Gasteiger partial charge >= 0.3 is 0 Å². The molecule has 3 aromatic carbocycles. The lowest BCUT2D eigenvalue weighted by atomic mass is 9.91. The molecule has 0 aliphatic heterocycles. The molecule has 0 spiro atoms. The molecule has 0 unspecified atom stereocenters. The first-order chi connectivity index (χ1) is 12.9. The molecular formula is C21H15N5O. The molecule has 0 heterocycles. The molecule has 0 aromatic heterocycles. The number of rotatable bonds is 2. The van der Waals surface area contributed by atoms with Gasteiger partial charge in [0, 0.05) is 5.56 Å². The summed E-state index contributed by atoms with van der Waals surface area (Å²) in [5.41, 5.74) is 14.3. The summed E-state index contributed by atoms with van der Waals surface area (Å²) in [7, 11) is 0. The molecule has 0 aliphatic rings. The number of nitrogens with zero attached hydrogens (tertiary/aromatic N) is 3. The van der Waals surface area contributed by atoms with Gasteiger partial charge < -0.3 is 11.5 Å². The Hall–Kier alpha value is -4.16. The molecule has 3 rings (SSSR count). The summed E-state index contributed by atoms with van der Waals surface area (Å²) >= 11 is 0. The molecule has 6 nitrogen and oxygen atoms in total. The first-order valence-electron chi connectivity index (χ1n) is 8.04. The Morgan fingerprint density at radius 2 is 1.89 bits per heavy atom. The quantitative estimate of drug-likeness (QED) is 0.416. The predicted molar refractivity (Wildman–Crippen MR) is 105 cm³/mol. The fraction of sp³-hybridized carbons (Fsp3) is 0.0476. The van der Waals surface area contributed by atoms with Crippen LogP contribution in [0.4, 0.5) is 5.69 Å². The zero-order chi connectivity index (χ0) is 19.6. The van der Waals surface area contributed by atoms with Gasteiger partial charge in [-0.05, 0) is 58.7 Å². The maximum absolute atomic E-state index is 12.2. The lowest BCUT2D eigenvalue weighted by molar-refractivity contribution is 0.100. The van der Waals surface area contributed by atoms with Gasteiger partial charge in [0.25, 0.3) is 5.91 Å². The predicted octanol–water partition coefficient (Wildman–Crippen LogP) is 3.65. The third-order valence-corrected chi connectivity index (χ3v) is 4.22. The second-order valence-corrected chi connectivity index (χ2v) is 5.99. The molecule has 0 radical (unpaired) electrons. The van der Waals surface area contributed by atoms with Crippen LogP contribution in [0, 0.1) is 24.8 Å². The highest BCUT2D eigenvalue weighted by molar-refractivity contribution is 6.09. The second kappa shape index (κ2) is 6.99. The Morgan fingerprint density at radius 3 is 2.52 bits per heavy atom. The minimum atomic E-state index is -0.549. The Morgan fingerprint density at radius 1 is 1.15 bits per heavy atom. The van der Waals surface area contributed by atoms with E-state index in [2.05, 4.69) is 15.9 Å². The maximum Gasteiger partial charge on any atom is 0.280 e. The molecule has 0 bridgehead atoms. The lowest BCUT2D eigenvalue weighted by Crippen LogP contribution is -2.24. The lowest BCUT2D eigenvalue weighted by Gasteiger charge is -2.13. The van der Waals surface area contributed by atoms with Gasteiger partial charge in [0.1, 0.15) is 0 Å². The molecule has 27 heavy (non-hydrogen) atoms. The Kier molecular flexibility index (Phi) is 4.57. The molecule has 0 atom stereocenters. The van der Waals surface area contributed by atoms with Crippen LogP contribution in [-0.4, -0.2) is 11.9 Å². The van der Waals surface area contributed by atoms with Crippen LogP contribution in [0.5, 0.6) is 0 Å². The Bertz CT molecular complexity index is 1190. The van der Waals surface area contributed by atoms with Gasteiger partial charge in [-0.15, -0.1) is 0 Å². The first kappa shape index (κ1) is 17.7. The third kappa shape index (κ3) is 3.33.